The number of piperidine rings is 1. The topological polar surface area (TPSA) is 32.3 Å². The fourth-order valence-corrected chi connectivity index (χ4v) is 2.45. The highest BCUT2D eigenvalue weighted by atomic mass is 35.5. The van der Waals surface area contributed by atoms with E-state index in [-0.39, 0.29) is 22.5 Å². The molecular formula is C13H16ClFN2O. The van der Waals surface area contributed by atoms with Crippen LogP contribution in [0.25, 0.3) is 0 Å². The summed E-state index contributed by atoms with van der Waals surface area (Å²) in [6.45, 7) is 1.72. The molecule has 0 radical (unpaired) electrons. The van der Waals surface area contributed by atoms with Crippen LogP contribution in [0.4, 0.5) is 4.39 Å². The standard InChI is InChI=1S/C13H16ClFN2O/c1-17(9-4-3-7-16-8-9)13(18)12-10(14)5-2-6-11(12)15/h2,5-6,9,16H,3-4,7-8H2,1H3. The van der Waals surface area contributed by atoms with Crippen molar-refractivity contribution in [3.8, 4) is 0 Å². The van der Waals surface area contributed by atoms with Crippen LogP contribution in [0.3, 0.4) is 0 Å². The first-order chi connectivity index (χ1) is 8.61. The summed E-state index contributed by atoms with van der Waals surface area (Å²) in [6, 6.07) is 4.38. The fourth-order valence-electron chi connectivity index (χ4n) is 2.21. The van der Waals surface area contributed by atoms with Gasteiger partial charge in [0.05, 0.1) is 10.6 Å². The second-order valence-electron chi connectivity index (χ2n) is 4.51. The van der Waals surface area contributed by atoms with Gasteiger partial charge in [0.2, 0.25) is 0 Å². The molecule has 0 bridgehead atoms. The maximum Gasteiger partial charge on any atom is 0.258 e. The summed E-state index contributed by atoms with van der Waals surface area (Å²) in [5.41, 5.74) is -0.0350. The summed E-state index contributed by atoms with van der Waals surface area (Å²) in [7, 11) is 1.70. The van der Waals surface area contributed by atoms with Crippen molar-refractivity contribution in [3.05, 3.63) is 34.6 Å². The molecule has 2 rings (SSSR count). The SMILES string of the molecule is CN(C(=O)c1c(F)cccc1Cl)C1CCCNC1. The molecule has 0 spiro atoms. The summed E-state index contributed by atoms with van der Waals surface area (Å²) >= 11 is 5.90. The summed E-state index contributed by atoms with van der Waals surface area (Å²) in [4.78, 5) is 13.8. The van der Waals surface area contributed by atoms with Crippen LogP contribution >= 0.6 is 11.6 Å². The number of amides is 1. The van der Waals surface area contributed by atoms with Crippen LogP contribution in [0.5, 0.6) is 0 Å². The first-order valence-corrected chi connectivity index (χ1v) is 6.41. The zero-order chi connectivity index (χ0) is 13.1. The molecule has 0 saturated carbocycles. The molecule has 0 aliphatic carbocycles. The average Bonchev–Trinajstić information content (AvgIpc) is 2.38. The van der Waals surface area contributed by atoms with Gasteiger partial charge < -0.3 is 10.2 Å². The third kappa shape index (κ3) is 2.65. The van der Waals surface area contributed by atoms with E-state index >= 15 is 0 Å². The van der Waals surface area contributed by atoms with Gasteiger partial charge in [0, 0.05) is 19.6 Å². The molecule has 1 fully saturated rings. The highest BCUT2D eigenvalue weighted by Crippen LogP contribution is 2.22. The first-order valence-electron chi connectivity index (χ1n) is 6.03. The van der Waals surface area contributed by atoms with Gasteiger partial charge in [0.25, 0.3) is 5.91 Å². The molecule has 98 valence electrons. The van der Waals surface area contributed by atoms with E-state index in [1.165, 1.54) is 18.2 Å². The predicted molar refractivity (Wildman–Crippen MR) is 69.4 cm³/mol. The van der Waals surface area contributed by atoms with Gasteiger partial charge in [-0.15, -0.1) is 0 Å². The van der Waals surface area contributed by atoms with E-state index in [2.05, 4.69) is 5.32 Å². The molecule has 18 heavy (non-hydrogen) atoms. The minimum atomic E-state index is -0.567. The van der Waals surface area contributed by atoms with Gasteiger partial charge >= 0.3 is 0 Å². The van der Waals surface area contributed by atoms with E-state index in [0.717, 1.165) is 25.9 Å². The Morgan fingerprint density at radius 2 is 2.33 bits per heavy atom. The molecule has 1 aromatic rings. The second-order valence-corrected chi connectivity index (χ2v) is 4.92. The molecule has 1 saturated heterocycles. The quantitative estimate of drug-likeness (QED) is 0.894. The van der Waals surface area contributed by atoms with Gasteiger partial charge in [-0.3, -0.25) is 4.79 Å². The van der Waals surface area contributed by atoms with Crippen molar-refractivity contribution in [1.82, 2.24) is 10.2 Å². The Morgan fingerprint density at radius 1 is 1.56 bits per heavy atom. The molecule has 1 N–H and O–H groups in total. The lowest BCUT2D eigenvalue weighted by molar-refractivity contribution is 0.0704. The average molecular weight is 271 g/mol. The number of hydrogen-bond acceptors (Lipinski definition) is 2. The van der Waals surface area contributed by atoms with Crippen molar-refractivity contribution in [2.24, 2.45) is 0 Å². The smallest absolute Gasteiger partial charge is 0.258 e. The van der Waals surface area contributed by atoms with Crippen molar-refractivity contribution in [3.63, 3.8) is 0 Å². The number of carbonyl (C=O) groups excluding carboxylic acids is 1. The number of nitrogens with zero attached hydrogens (tertiary/aromatic N) is 1. The Morgan fingerprint density at radius 3 is 2.94 bits per heavy atom. The molecular weight excluding hydrogens is 255 g/mol. The number of halogens is 2. The van der Waals surface area contributed by atoms with E-state index in [9.17, 15) is 9.18 Å². The fraction of sp³-hybridized carbons (Fsp3) is 0.462. The molecule has 5 heteroatoms. The van der Waals surface area contributed by atoms with Crippen molar-refractivity contribution in [2.45, 2.75) is 18.9 Å². The van der Waals surface area contributed by atoms with Crippen molar-refractivity contribution >= 4 is 17.5 Å². The van der Waals surface area contributed by atoms with Crippen LogP contribution in [0.15, 0.2) is 18.2 Å². The summed E-state index contributed by atoms with van der Waals surface area (Å²) in [6.07, 6.45) is 1.95. The number of likely N-dealkylation sites (N-methyl/N-ethyl adjacent to an activating group) is 1. The van der Waals surface area contributed by atoms with Crippen LogP contribution < -0.4 is 5.32 Å². The van der Waals surface area contributed by atoms with E-state index in [1.54, 1.807) is 11.9 Å². The number of benzene rings is 1. The summed E-state index contributed by atoms with van der Waals surface area (Å²) in [5, 5.41) is 3.39. The van der Waals surface area contributed by atoms with Gasteiger partial charge in [0.1, 0.15) is 5.82 Å². The lowest BCUT2D eigenvalue weighted by atomic mass is 10.0. The minimum Gasteiger partial charge on any atom is -0.337 e. The molecule has 1 aliphatic heterocycles. The molecule has 1 atom stereocenters. The Balaban J connectivity index is 2.19. The van der Waals surface area contributed by atoms with Crippen LogP contribution in [-0.4, -0.2) is 37.0 Å². The number of hydrogen-bond donors (Lipinski definition) is 1. The molecule has 3 nitrogen and oxygen atoms in total. The molecule has 1 heterocycles. The largest absolute Gasteiger partial charge is 0.337 e. The maximum atomic E-state index is 13.7. The predicted octanol–water partition coefficient (Wildman–Crippen LogP) is 2.30. The third-order valence-corrected chi connectivity index (χ3v) is 3.63. The number of rotatable bonds is 2. The van der Waals surface area contributed by atoms with Gasteiger partial charge in [0.15, 0.2) is 0 Å². The number of carbonyl (C=O) groups is 1. The molecule has 1 aromatic carbocycles. The Kier molecular flexibility index (Phi) is 4.19. The van der Waals surface area contributed by atoms with Crippen LogP contribution in [0, 0.1) is 5.82 Å². The lowest BCUT2D eigenvalue weighted by Crippen LogP contribution is -2.46. The second kappa shape index (κ2) is 5.67. The van der Waals surface area contributed by atoms with Crippen LogP contribution in [0.2, 0.25) is 5.02 Å². The lowest BCUT2D eigenvalue weighted by Gasteiger charge is -2.32. The van der Waals surface area contributed by atoms with Crippen LogP contribution in [-0.2, 0) is 0 Å². The third-order valence-electron chi connectivity index (χ3n) is 3.32. The van der Waals surface area contributed by atoms with Gasteiger partial charge in [-0.2, -0.15) is 0 Å². The van der Waals surface area contributed by atoms with Crippen LogP contribution in [0.1, 0.15) is 23.2 Å². The first kappa shape index (κ1) is 13.3. The van der Waals surface area contributed by atoms with E-state index in [0.29, 0.717) is 0 Å². The highest BCUT2D eigenvalue weighted by Gasteiger charge is 2.26. The Hall–Kier alpha value is -1.13. The van der Waals surface area contributed by atoms with E-state index < -0.39 is 5.82 Å². The van der Waals surface area contributed by atoms with Crippen molar-refractivity contribution in [1.29, 1.82) is 0 Å². The van der Waals surface area contributed by atoms with E-state index in [1.807, 2.05) is 0 Å². The maximum absolute atomic E-state index is 13.7. The minimum absolute atomic E-state index is 0.0350. The van der Waals surface area contributed by atoms with Gasteiger partial charge in [-0.05, 0) is 31.5 Å². The number of nitrogens with one attached hydrogen (secondary N) is 1. The van der Waals surface area contributed by atoms with Crippen molar-refractivity contribution in [2.75, 3.05) is 20.1 Å². The highest BCUT2D eigenvalue weighted by molar-refractivity contribution is 6.33. The molecule has 0 aromatic heterocycles. The normalized spacial score (nSPS) is 19.6. The van der Waals surface area contributed by atoms with Crippen molar-refractivity contribution < 1.29 is 9.18 Å². The van der Waals surface area contributed by atoms with Gasteiger partial charge in [-0.1, -0.05) is 17.7 Å². The molecule has 1 unspecified atom stereocenters. The van der Waals surface area contributed by atoms with Gasteiger partial charge in [-0.25, -0.2) is 4.39 Å². The molecule has 1 aliphatic rings. The summed E-state index contributed by atoms with van der Waals surface area (Å²) < 4.78 is 13.7. The summed E-state index contributed by atoms with van der Waals surface area (Å²) in [5.74, 6) is -0.921. The Bertz CT molecular complexity index is 426. The van der Waals surface area contributed by atoms with E-state index in [4.69, 9.17) is 11.6 Å². The molecule has 1 amide bonds. The monoisotopic (exact) mass is 270 g/mol. The zero-order valence-corrected chi connectivity index (χ0v) is 11.0. The zero-order valence-electron chi connectivity index (χ0n) is 10.2. The Labute approximate surface area is 111 Å².